The van der Waals surface area contributed by atoms with Gasteiger partial charge in [-0.15, -0.1) is 0 Å². The summed E-state index contributed by atoms with van der Waals surface area (Å²) in [6, 6.07) is 0. The molecule has 76 valence electrons. The molecule has 0 aromatic carbocycles. The van der Waals surface area contributed by atoms with Crippen LogP contribution in [0.2, 0.25) is 0 Å². The number of rotatable bonds is 4. The lowest BCUT2D eigenvalue weighted by Crippen LogP contribution is -2.15. The Morgan fingerprint density at radius 3 is 2.08 bits per heavy atom. The fraction of sp³-hybridized carbons (Fsp3) is 0.500. The van der Waals surface area contributed by atoms with Crippen molar-refractivity contribution in [1.82, 2.24) is 0 Å². The van der Waals surface area contributed by atoms with Gasteiger partial charge in [0.15, 0.2) is 0 Å². The van der Waals surface area contributed by atoms with Gasteiger partial charge in [0.05, 0.1) is 12.8 Å². The molecule has 0 rings (SSSR count). The van der Waals surface area contributed by atoms with Gasteiger partial charge in [0, 0.05) is 0 Å². The smallest absolute Gasteiger partial charge is 0.373 e. The number of carbonyl (C=O) groups is 2. The predicted molar refractivity (Wildman–Crippen MR) is 37.2 cm³/mol. The summed E-state index contributed by atoms with van der Waals surface area (Å²) in [6.07, 6.45) is -0.972. The van der Waals surface area contributed by atoms with Crippen LogP contribution in [0.25, 0.3) is 0 Å². The molecule has 0 atom stereocenters. The van der Waals surface area contributed by atoms with Gasteiger partial charge in [-0.2, -0.15) is 14.3 Å². The van der Waals surface area contributed by atoms with Crippen molar-refractivity contribution >= 4 is 22.3 Å². The summed E-state index contributed by atoms with van der Waals surface area (Å²) in [5, 5.41) is 0. The molecule has 0 aromatic heterocycles. The van der Waals surface area contributed by atoms with Crippen molar-refractivity contribution in [2.24, 2.45) is 5.90 Å². The third-order valence-electron chi connectivity index (χ3n) is 0.863. The largest absolute Gasteiger partial charge is 0.448 e. The van der Waals surface area contributed by atoms with Crippen LogP contribution in [0.1, 0.15) is 12.8 Å². The van der Waals surface area contributed by atoms with E-state index in [2.05, 4.69) is 14.9 Å². The minimum atomic E-state index is -4.81. The Morgan fingerprint density at radius 2 is 1.69 bits per heavy atom. The highest BCUT2D eigenvalue weighted by molar-refractivity contribution is 7.81. The molecule has 0 aliphatic heterocycles. The molecule has 0 saturated carbocycles. The first-order valence-electron chi connectivity index (χ1n) is 2.94. The highest BCUT2D eigenvalue weighted by atomic mass is 32.3. The molecule has 0 spiro atoms. The fourth-order valence-electron chi connectivity index (χ4n) is 0.422. The summed E-state index contributed by atoms with van der Waals surface area (Å²) in [6.45, 7) is 0. The van der Waals surface area contributed by atoms with Crippen LogP contribution in [0.5, 0.6) is 0 Å². The zero-order valence-corrected chi connectivity index (χ0v) is 7.11. The van der Waals surface area contributed by atoms with Crippen LogP contribution >= 0.6 is 0 Å². The Bertz CT molecular complexity index is 294. The van der Waals surface area contributed by atoms with Crippen molar-refractivity contribution in [3.63, 3.8) is 0 Å². The lowest BCUT2D eigenvalue weighted by Gasteiger charge is -1.98. The summed E-state index contributed by atoms with van der Waals surface area (Å²) >= 11 is 0. The summed E-state index contributed by atoms with van der Waals surface area (Å²) in [7, 11) is -4.81. The van der Waals surface area contributed by atoms with Crippen molar-refractivity contribution in [3.8, 4) is 0 Å². The second-order valence-corrected chi connectivity index (χ2v) is 2.90. The first kappa shape index (κ1) is 11.8. The monoisotopic (exact) mass is 213 g/mol. The van der Waals surface area contributed by atoms with E-state index in [9.17, 15) is 18.0 Å². The van der Waals surface area contributed by atoms with Crippen LogP contribution in [-0.4, -0.2) is 24.9 Å². The molecule has 0 fully saturated rings. The Labute approximate surface area is 73.5 Å². The van der Waals surface area contributed by atoms with E-state index >= 15 is 0 Å². The van der Waals surface area contributed by atoms with Gasteiger partial charge in [-0.3, -0.25) is 14.1 Å². The summed E-state index contributed by atoms with van der Waals surface area (Å²) in [5.74, 6) is 2.25. The van der Waals surface area contributed by atoms with E-state index in [4.69, 9.17) is 4.55 Å². The van der Waals surface area contributed by atoms with Crippen molar-refractivity contribution in [1.29, 1.82) is 0 Å². The lowest BCUT2D eigenvalue weighted by atomic mass is 10.3. The van der Waals surface area contributed by atoms with E-state index < -0.39 is 35.2 Å². The zero-order chi connectivity index (χ0) is 10.5. The van der Waals surface area contributed by atoms with Crippen LogP contribution in [0.15, 0.2) is 0 Å². The molecule has 3 N–H and O–H groups in total. The highest BCUT2D eigenvalue weighted by Gasteiger charge is 2.14. The van der Waals surface area contributed by atoms with E-state index in [1.165, 1.54) is 0 Å². The maximum Gasteiger partial charge on any atom is 0.448 e. The molecule has 0 heterocycles. The molecule has 0 saturated heterocycles. The molecule has 0 aliphatic carbocycles. The second-order valence-electron chi connectivity index (χ2n) is 1.87. The molecule has 0 bridgehead atoms. The minimum Gasteiger partial charge on any atom is -0.373 e. The van der Waals surface area contributed by atoms with Crippen LogP contribution in [-0.2, 0) is 29.0 Å². The van der Waals surface area contributed by atoms with E-state index in [0.717, 1.165) is 0 Å². The summed E-state index contributed by atoms with van der Waals surface area (Å²) < 4.78 is 31.3. The molecule has 0 aliphatic rings. The van der Waals surface area contributed by atoms with Gasteiger partial charge < -0.3 is 9.02 Å². The van der Waals surface area contributed by atoms with E-state index in [0.29, 0.717) is 0 Å². The van der Waals surface area contributed by atoms with E-state index in [1.54, 1.807) is 0 Å². The Kier molecular flexibility index (Phi) is 4.31. The van der Waals surface area contributed by atoms with Crippen molar-refractivity contribution in [3.05, 3.63) is 0 Å². The Morgan fingerprint density at radius 1 is 1.23 bits per heavy atom. The van der Waals surface area contributed by atoms with E-state index in [1.807, 2.05) is 0 Å². The van der Waals surface area contributed by atoms with Crippen LogP contribution in [0, 0.1) is 0 Å². The molecule has 8 nitrogen and oxygen atoms in total. The molecular formula is C4H7NO7S. The lowest BCUT2D eigenvalue weighted by molar-refractivity contribution is -0.147. The van der Waals surface area contributed by atoms with Crippen molar-refractivity contribution in [2.75, 3.05) is 0 Å². The van der Waals surface area contributed by atoms with Gasteiger partial charge in [0.2, 0.25) is 0 Å². The average Bonchev–Trinajstić information content (AvgIpc) is 1.97. The third kappa shape index (κ3) is 7.18. The zero-order valence-electron chi connectivity index (χ0n) is 6.30. The summed E-state index contributed by atoms with van der Waals surface area (Å²) in [4.78, 5) is 24.5. The Balaban J connectivity index is 3.84. The number of hydrogen-bond donors (Lipinski definition) is 2. The molecule has 0 aromatic rings. The van der Waals surface area contributed by atoms with Gasteiger partial charge in [-0.1, -0.05) is 0 Å². The molecule has 0 radical (unpaired) electrons. The molecule has 9 heteroatoms. The van der Waals surface area contributed by atoms with Gasteiger partial charge in [0.1, 0.15) is 0 Å². The first-order chi connectivity index (χ1) is 5.85. The Hall–Kier alpha value is -1.19. The number of carbonyl (C=O) groups excluding carboxylic acids is 2. The predicted octanol–water partition coefficient (Wildman–Crippen LogP) is -1.47. The third-order valence-corrected chi connectivity index (χ3v) is 1.26. The molecule has 13 heavy (non-hydrogen) atoms. The maximum absolute atomic E-state index is 10.5. The number of nitrogens with two attached hydrogens (primary N) is 1. The van der Waals surface area contributed by atoms with Gasteiger partial charge in [-0.25, -0.2) is 0 Å². The SMILES string of the molecule is NOC(=O)CCC(=O)OS(=O)(=O)O. The molecule has 0 unspecified atom stereocenters. The molecule has 0 amide bonds. The highest BCUT2D eigenvalue weighted by Crippen LogP contribution is 1.97. The minimum absolute atomic E-state index is 0.426. The average molecular weight is 213 g/mol. The fourth-order valence-corrected chi connectivity index (χ4v) is 0.740. The van der Waals surface area contributed by atoms with Crippen LogP contribution < -0.4 is 5.90 Å². The first-order valence-corrected chi connectivity index (χ1v) is 4.31. The van der Waals surface area contributed by atoms with E-state index in [-0.39, 0.29) is 0 Å². The normalized spacial score (nSPS) is 10.6. The van der Waals surface area contributed by atoms with Gasteiger partial charge in [-0.05, 0) is 0 Å². The van der Waals surface area contributed by atoms with Crippen molar-refractivity contribution < 1.29 is 31.6 Å². The van der Waals surface area contributed by atoms with Gasteiger partial charge >= 0.3 is 22.3 Å². The molecular weight excluding hydrogens is 206 g/mol. The van der Waals surface area contributed by atoms with Crippen molar-refractivity contribution in [2.45, 2.75) is 12.8 Å². The van der Waals surface area contributed by atoms with Crippen LogP contribution in [0.3, 0.4) is 0 Å². The van der Waals surface area contributed by atoms with Gasteiger partial charge in [0.25, 0.3) is 0 Å². The summed E-state index contributed by atoms with van der Waals surface area (Å²) in [5.41, 5.74) is 0. The standard InChI is InChI=1S/C4H7NO7S/c5-11-3(6)1-2-4(7)12-13(8,9)10/h1-2,5H2,(H,8,9,10). The maximum atomic E-state index is 10.5. The topological polar surface area (TPSA) is 133 Å². The van der Waals surface area contributed by atoms with Crippen LogP contribution in [0.4, 0.5) is 0 Å². The quantitative estimate of drug-likeness (QED) is 0.427. The second kappa shape index (κ2) is 4.74. The number of hydrogen-bond acceptors (Lipinski definition) is 7.